The molecule has 0 aromatic carbocycles. The third kappa shape index (κ3) is 4.22. The van der Waals surface area contributed by atoms with E-state index >= 15 is 0 Å². The molecule has 1 N–H and O–H groups in total. The van der Waals surface area contributed by atoms with Crippen LogP contribution in [-0.4, -0.2) is 39.0 Å². The van der Waals surface area contributed by atoms with Crippen LogP contribution in [0.25, 0.3) is 0 Å². The molecule has 1 saturated heterocycles. The second-order valence-corrected chi connectivity index (χ2v) is 6.84. The van der Waals surface area contributed by atoms with E-state index in [1.54, 1.807) is 6.20 Å². The fourth-order valence-corrected chi connectivity index (χ4v) is 3.11. The summed E-state index contributed by atoms with van der Waals surface area (Å²) in [6.07, 6.45) is 7.89. The van der Waals surface area contributed by atoms with E-state index in [-0.39, 0.29) is 11.7 Å². The first-order chi connectivity index (χ1) is 12.1. The molecule has 0 atom stereocenters. The molecular weight excluding hydrogens is 388 g/mol. The van der Waals surface area contributed by atoms with Crippen molar-refractivity contribution in [2.24, 2.45) is 0 Å². The molecule has 2 aromatic heterocycles. The van der Waals surface area contributed by atoms with Crippen LogP contribution >= 0.6 is 15.9 Å². The molecule has 1 aliphatic rings. The van der Waals surface area contributed by atoms with Crippen molar-refractivity contribution in [2.45, 2.75) is 32.2 Å². The van der Waals surface area contributed by atoms with Gasteiger partial charge in [0.05, 0.1) is 4.92 Å². The van der Waals surface area contributed by atoms with E-state index in [1.807, 2.05) is 12.4 Å². The Morgan fingerprint density at radius 1 is 1.28 bits per heavy atom. The number of nitrogens with one attached hydrogen (secondary N) is 1. The lowest BCUT2D eigenvalue weighted by atomic mass is 10.1. The minimum Gasteiger partial charge on any atom is -0.361 e. The summed E-state index contributed by atoms with van der Waals surface area (Å²) in [4.78, 5) is 25.9. The molecule has 9 heteroatoms. The van der Waals surface area contributed by atoms with Crippen LogP contribution in [0.5, 0.6) is 0 Å². The molecule has 0 radical (unpaired) electrons. The topological polar surface area (TPSA) is 97.1 Å². The van der Waals surface area contributed by atoms with Crippen LogP contribution in [0.1, 0.15) is 25.3 Å². The third-order valence-corrected chi connectivity index (χ3v) is 4.68. The number of aromatic nitrogens is 3. The Balaban J connectivity index is 1.62. The molecule has 0 unspecified atom stereocenters. The second-order valence-electron chi connectivity index (χ2n) is 5.93. The zero-order valence-corrected chi connectivity index (χ0v) is 15.4. The summed E-state index contributed by atoms with van der Waals surface area (Å²) in [5, 5.41) is 14.4. The first kappa shape index (κ1) is 17.5. The molecule has 2 aromatic rings. The van der Waals surface area contributed by atoms with E-state index in [0.29, 0.717) is 10.3 Å². The molecule has 1 fully saturated rings. The third-order valence-electron chi connectivity index (χ3n) is 4.25. The monoisotopic (exact) mass is 406 g/mol. The molecule has 25 heavy (non-hydrogen) atoms. The largest absolute Gasteiger partial charge is 0.361 e. The van der Waals surface area contributed by atoms with Crippen molar-refractivity contribution in [3.8, 4) is 0 Å². The van der Waals surface area contributed by atoms with Crippen molar-refractivity contribution in [1.82, 2.24) is 15.0 Å². The Labute approximate surface area is 154 Å². The maximum atomic E-state index is 11.2. The highest BCUT2D eigenvalue weighted by molar-refractivity contribution is 9.10. The van der Waals surface area contributed by atoms with E-state index in [1.165, 1.54) is 6.07 Å². The molecule has 8 nitrogen and oxygen atoms in total. The van der Waals surface area contributed by atoms with Crippen molar-refractivity contribution >= 4 is 33.4 Å². The number of piperidine rings is 1. The predicted molar refractivity (Wildman–Crippen MR) is 98.9 cm³/mol. The lowest BCUT2D eigenvalue weighted by Crippen LogP contribution is -2.40. The summed E-state index contributed by atoms with van der Waals surface area (Å²) < 4.78 is 0.590. The van der Waals surface area contributed by atoms with Crippen LogP contribution in [0.2, 0.25) is 0 Å². The van der Waals surface area contributed by atoms with Gasteiger partial charge < -0.3 is 10.2 Å². The summed E-state index contributed by atoms with van der Waals surface area (Å²) in [7, 11) is 0. The van der Waals surface area contributed by atoms with Gasteiger partial charge in [-0.3, -0.25) is 10.1 Å². The summed E-state index contributed by atoms with van der Waals surface area (Å²) in [5.41, 5.74) is 1.10. The number of nitrogens with zero attached hydrogens (tertiary/aromatic N) is 5. The van der Waals surface area contributed by atoms with Gasteiger partial charge in [0, 0.05) is 48.3 Å². The van der Waals surface area contributed by atoms with E-state index in [0.717, 1.165) is 43.9 Å². The number of pyridine rings is 1. The van der Waals surface area contributed by atoms with Gasteiger partial charge in [-0.25, -0.2) is 15.0 Å². The van der Waals surface area contributed by atoms with E-state index in [4.69, 9.17) is 0 Å². The number of nitro groups is 1. The number of halogens is 1. The Morgan fingerprint density at radius 3 is 2.56 bits per heavy atom. The summed E-state index contributed by atoms with van der Waals surface area (Å²) in [6.45, 7) is 3.67. The van der Waals surface area contributed by atoms with Gasteiger partial charge in [0.15, 0.2) is 0 Å². The summed E-state index contributed by atoms with van der Waals surface area (Å²) in [6, 6.07) is 1.60. The van der Waals surface area contributed by atoms with Crippen LogP contribution in [0.4, 0.5) is 17.5 Å². The quantitative estimate of drug-likeness (QED) is 0.601. The fraction of sp³-hybridized carbons (Fsp3) is 0.438. The first-order valence-corrected chi connectivity index (χ1v) is 8.98. The van der Waals surface area contributed by atoms with Crippen molar-refractivity contribution in [2.75, 3.05) is 23.3 Å². The SMILES string of the molecule is CCc1cnc(N2CCC(Nc3ncc(Br)cc3[N+](=O)[O-])CC2)nc1. The Morgan fingerprint density at radius 2 is 1.96 bits per heavy atom. The van der Waals surface area contributed by atoms with E-state index in [2.05, 4.69) is 48.0 Å². The molecule has 3 rings (SSSR count). The van der Waals surface area contributed by atoms with Gasteiger partial charge in [-0.1, -0.05) is 6.92 Å². The van der Waals surface area contributed by atoms with Gasteiger partial charge >= 0.3 is 5.69 Å². The predicted octanol–water partition coefficient (Wildman–Crippen LogP) is 3.19. The molecule has 132 valence electrons. The Hall–Kier alpha value is -2.29. The summed E-state index contributed by atoms with van der Waals surface area (Å²) in [5.74, 6) is 1.05. The van der Waals surface area contributed by atoms with Crippen LogP contribution in [0.15, 0.2) is 29.1 Å². The van der Waals surface area contributed by atoms with Crippen molar-refractivity contribution in [3.05, 3.63) is 44.8 Å². The average Bonchev–Trinajstić information content (AvgIpc) is 2.64. The number of aryl methyl sites for hydroxylation is 1. The van der Waals surface area contributed by atoms with Gasteiger partial charge in [0.1, 0.15) is 0 Å². The van der Waals surface area contributed by atoms with E-state index < -0.39 is 4.92 Å². The van der Waals surface area contributed by atoms with Gasteiger partial charge in [0.2, 0.25) is 11.8 Å². The Bertz CT molecular complexity index is 747. The molecule has 0 saturated carbocycles. The van der Waals surface area contributed by atoms with Gasteiger partial charge in [-0.05, 0) is 40.8 Å². The fourth-order valence-electron chi connectivity index (χ4n) is 2.79. The molecule has 0 spiro atoms. The molecule has 1 aliphatic heterocycles. The number of hydrogen-bond acceptors (Lipinski definition) is 7. The maximum absolute atomic E-state index is 11.2. The van der Waals surface area contributed by atoms with Crippen molar-refractivity contribution < 1.29 is 4.92 Å². The standard InChI is InChI=1S/C16H19BrN6O2/c1-2-11-8-19-16(20-9-11)22-5-3-13(4-6-22)21-15-14(23(24)25)7-12(17)10-18-15/h7-10,13H,2-6H2,1H3,(H,18,21). The highest BCUT2D eigenvalue weighted by atomic mass is 79.9. The average molecular weight is 407 g/mol. The zero-order valence-electron chi connectivity index (χ0n) is 13.9. The smallest absolute Gasteiger partial charge is 0.312 e. The van der Waals surface area contributed by atoms with Crippen LogP contribution in [0, 0.1) is 10.1 Å². The number of rotatable bonds is 5. The number of hydrogen-bond donors (Lipinski definition) is 1. The lowest BCUT2D eigenvalue weighted by Gasteiger charge is -2.32. The van der Waals surface area contributed by atoms with Crippen LogP contribution in [-0.2, 0) is 6.42 Å². The minimum absolute atomic E-state index is 0.0182. The highest BCUT2D eigenvalue weighted by Gasteiger charge is 2.24. The van der Waals surface area contributed by atoms with Gasteiger partial charge in [-0.15, -0.1) is 0 Å². The number of anilines is 2. The van der Waals surface area contributed by atoms with Crippen LogP contribution < -0.4 is 10.2 Å². The van der Waals surface area contributed by atoms with Gasteiger partial charge in [-0.2, -0.15) is 0 Å². The lowest BCUT2D eigenvalue weighted by molar-refractivity contribution is -0.384. The van der Waals surface area contributed by atoms with Crippen LogP contribution in [0.3, 0.4) is 0 Å². The molecule has 3 heterocycles. The summed E-state index contributed by atoms with van der Waals surface area (Å²) >= 11 is 3.22. The minimum atomic E-state index is -0.418. The highest BCUT2D eigenvalue weighted by Crippen LogP contribution is 2.27. The normalized spacial score (nSPS) is 15.2. The van der Waals surface area contributed by atoms with Crippen molar-refractivity contribution in [1.29, 1.82) is 0 Å². The van der Waals surface area contributed by atoms with E-state index in [9.17, 15) is 10.1 Å². The first-order valence-electron chi connectivity index (χ1n) is 8.19. The van der Waals surface area contributed by atoms with Gasteiger partial charge in [0.25, 0.3) is 0 Å². The molecule has 0 aliphatic carbocycles. The molecule has 0 bridgehead atoms. The zero-order chi connectivity index (χ0) is 17.8. The maximum Gasteiger partial charge on any atom is 0.312 e. The molecule has 0 amide bonds. The van der Waals surface area contributed by atoms with Crippen molar-refractivity contribution in [3.63, 3.8) is 0 Å². The molecular formula is C16H19BrN6O2. The Kier molecular flexibility index (Phi) is 5.42. The second kappa shape index (κ2) is 7.73.